The zero-order valence-corrected chi connectivity index (χ0v) is 19.4. The van der Waals surface area contributed by atoms with Crippen LogP contribution in [-0.4, -0.2) is 37.0 Å². The van der Waals surface area contributed by atoms with Crippen molar-refractivity contribution in [2.24, 2.45) is 5.92 Å². The predicted octanol–water partition coefficient (Wildman–Crippen LogP) is 6.24. The Labute approximate surface area is 188 Å². The molecule has 0 atom stereocenters. The van der Waals surface area contributed by atoms with Crippen LogP contribution in [0.4, 0.5) is 0 Å². The number of likely N-dealkylation sites (N-methyl/N-ethyl adjacent to an activating group) is 1. The molecule has 0 aliphatic carbocycles. The van der Waals surface area contributed by atoms with E-state index in [0.29, 0.717) is 5.92 Å². The third-order valence-corrected chi connectivity index (χ3v) is 5.24. The highest BCUT2D eigenvalue weighted by molar-refractivity contribution is 5.37. The first-order valence-corrected chi connectivity index (χ1v) is 11.3. The summed E-state index contributed by atoms with van der Waals surface area (Å²) in [4.78, 5) is 4.76. The first kappa shape index (κ1) is 23.1. The summed E-state index contributed by atoms with van der Waals surface area (Å²) in [7, 11) is 4.27. The molecule has 3 heteroatoms. The fourth-order valence-corrected chi connectivity index (χ4v) is 3.73. The Hall–Kier alpha value is -2.62. The molecule has 0 saturated heterocycles. The normalized spacial score (nSPS) is 11.5. The molecule has 0 amide bonds. The minimum atomic E-state index is 0.669. The van der Waals surface area contributed by atoms with Crippen LogP contribution < -0.4 is 4.74 Å². The number of hydrogen-bond donors (Lipinski definition) is 0. The van der Waals surface area contributed by atoms with E-state index in [0.717, 1.165) is 44.1 Å². The van der Waals surface area contributed by atoms with E-state index in [1.165, 1.54) is 16.7 Å². The molecule has 0 bridgehead atoms. The summed E-state index contributed by atoms with van der Waals surface area (Å²) in [6.07, 6.45) is 1.12. The molecule has 0 aliphatic heterocycles. The maximum Gasteiger partial charge on any atom is 0.131 e. The number of hydrogen-bond acceptors (Lipinski definition) is 3. The second-order valence-corrected chi connectivity index (χ2v) is 8.95. The lowest BCUT2D eigenvalue weighted by Crippen LogP contribution is -2.31. The Balaban J connectivity index is 1.77. The van der Waals surface area contributed by atoms with E-state index >= 15 is 0 Å². The van der Waals surface area contributed by atoms with Gasteiger partial charge in [0.15, 0.2) is 0 Å². The largest absolute Gasteiger partial charge is 0.457 e. The Bertz CT molecular complexity index is 921. The van der Waals surface area contributed by atoms with Crippen molar-refractivity contribution in [2.75, 3.05) is 27.2 Å². The van der Waals surface area contributed by atoms with Crippen LogP contribution in [0.3, 0.4) is 0 Å². The van der Waals surface area contributed by atoms with Crippen LogP contribution in [0, 0.1) is 5.92 Å². The molecule has 0 heterocycles. The van der Waals surface area contributed by atoms with Gasteiger partial charge < -0.3 is 9.64 Å². The molecule has 0 radical (unpaired) electrons. The molecule has 0 N–H and O–H groups in total. The highest BCUT2D eigenvalue weighted by Crippen LogP contribution is 2.26. The van der Waals surface area contributed by atoms with Gasteiger partial charge in [-0.15, -0.1) is 0 Å². The van der Waals surface area contributed by atoms with Gasteiger partial charge in [0.2, 0.25) is 0 Å². The highest BCUT2D eigenvalue weighted by atomic mass is 16.5. The lowest BCUT2D eigenvalue weighted by atomic mass is 10.0. The highest BCUT2D eigenvalue weighted by Gasteiger charge is 2.12. The average molecular weight is 417 g/mol. The van der Waals surface area contributed by atoms with E-state index in [2.05, 4.69) is 80.2 Å². The second kappa shape index (κ2) is 11.7. The van der Waals surface area contributed by atoms with Crippen LogP contribution in [0.15, 0.2) is 78.9 Å². The van der Waals surface area contributed by atoms with Crippen molar-refractivity contribution in [3.63, 3.8) is 0 Å². The van der Waals surface area contributed by atoms with E-state index in [1.54, 1.807) is 0 Å². The van der Waals surface area contributed by atoms with Crippen molar-refractivity contribution < 1.29 is 4.74 Å². The van der Waals surface area contributed by atoms with Gasteiger partial charge in [-0.3, -0.25) is 4.90 Å². The van der Waals surface area contributed by atoms with Crippen molar-refractivity contribution in [2.45, 2.75) is 33.4 Å². The summed E-state index contributed by atoms with van der Waals surface area (Å²) in [5.41, 5.74) is 4.01. The van der Waals surface area contributed by atoms with Gasteiger partial charge in [0.1, 0.15) is 11.5 Å². The maximum atomic E-state index is 6.21. The van der Waals surface area contributed by atoms with Gasteiger partial charge in [-0.2, -0.15) is 0 Å². The van der Waals surface area contributed by atoms with E-state index in [1.807, 2.05) is 36.4 Å². The summed E-state index contributed by atoms with van der Waals surface area (Å²) in [5.74, 6) is 2.47. The van der Waals surface area contributed by atoms with Crippen LogP contribution in [0.2, 0.25) is 0 Å². The molecule has 3 nitrogen and oxygen atoms in total. The number of nitrogens with zero attached hydrogens (tertiary/aromatic N) is 2. The second-order valence-electron chi connectivity index (χ2n) is 8.95. The van der Waals surface area contributed by atoms with Crippen LogP contribution in [0.25, 0.3) is 0 Å². The van der Waals surface area contributed by atoms with Crippen LogP contribution in [0.1, 0.15) is 30.5 Å². The van der Waals surface area contributed by atoms with Gasteiger partial charge in [0.05, 0.1) is 0 Å². The average Bonchev–Trinajstić information content (AvgIpc) is 2.74. The Morgan fingerprint density at radius 2 is 1.45 bits per heavy atom. The number of benzene rings is 3. The summed E-state index contributed by atoms with van der Waals surface area (Å²) < 4.78 is 6.21. The molecule has 3 aromatic carbocycles. The molecule has 0 saturated carbocycles. The van der Waals surface area contributed by atoms with E-state index < -0.39 is 0 Å². The number of para-hydroxylation sites is 2. The minimum Gasteiger partial charge on any atom is -0.457 e. The number of rotatable bonds is 11. The van der Waals surface area contributed by atoms with Gasteiger partial charge in [0, 0.05) is 31.7 Å². The topological polar surface area (TPSA) is 15.7 Å². The van der Waals surface area contributed by atoms with Crippen molar-refractivity contribution >= 4 is 0 Å². The molecule has 3 aromatic rings. The van der Waals surface area contributed by atoms with E-state index in [4.69, 9.17) is 4.74 Å². The smallest absolute Gasteiger partial charge is 0.131 e. The fraction of sp³-hybridized carbons (Fsp3) is 0.357. The quantitative estimate of drug-likeness (QED) is 0.368. The predicted molar refractivity (Wildman–Crippen MR) is 131 cm³/mol. The standard InChI is InChI=1S/C28H36N2O/c1-23(2)19-24-11-10-12-25(20-24)21-30(18-17-29(3)4)22-26-13-8-9-16-28(26)31-27-14-6-5-7-15-27/h5-16,20,23H,17-19,21-22H2,1-4H3. The Morgan fingerprint density at radius 3 is 2.19 bits per heavy atom. The molecular formula is C28H36N2O. The van der Waals surface area contributed by atoms with Crippen molar-refractivity contribution in [1.29, 1.82) is 0 Å². The van der Waals surface area contributed by atoms with Crippen LogP contribution >= 0.6 is 0 Å². The van der Waals surface area contributed by atoms with Crippen LogP contribution in [-0.2, 0) is 19.5 Å². The molecular weight excluding hydrogens is 380 g/mol. The van der Waals surface area contributed by atoms with Gasteiger partial charge in [-0.1, -0.05) is 74.5 Å². The lowest BCUT2D eigenvalue weighted by Gasteiger charge is -2.25. The molecule has 0 fully saturated rings. The van der Waals surface area contributed by atoms with Gasteiger partial charge in [0.25, 0.3) is 0 Å². The van der Waals surface area contributed by atoms with Crippen molar-refractivity contribution in [3.8, 4) is 11.5 Å². The van der Waals surface area contributed by atoms with E-state index in [9.17, 15) is 0 Å². The van der Waals surface area contributed by atoms with E-state index in [-0.39, 0.29) is 0 Å². The third-order valence-electron chi connectivity index (χ3n) is 5.24. The van der Waals surface area contributed by atoms with Crippen molar-refractivity contribution in [1.82, 2.24) is 9.80 Å². The van der Waals surface area contributed by atoms with Gasteiger partial charge >= 0.3 is 0 Å². The summed E-state index contributed by atoms with van der Waals surface area (Å²) in [6, 6.07) is 27.5. The molecule has 164 valence electrons. The van der Waals surface area contributed by atoms with Gasteiger partial charge in [-0.05, 0) is 55.8 Å². The molecule has 0 unspecified atom stereocenters. The monoisotopic (exact) mass is 416 g/mol. The summed E-state index contributed by atoms with van der Waals surface area (Å²) >= 11 is 0. The molecule has 0 spiro atoms. The number of ether oxygens (including phenoxy) is 1. The fourth-order valence-electron chi connectivity index (χ4n) is 3.73. The lowest BCUT2D eigenvalue weighted by molar-refractivity contribution is 0.224. The third kappa shape index (κ3) is 7.86. The molecule has 31 heavy (non-hydrogen) atoms. The summed E-state index contributed by atoms with van der Waals surface area (Å²) in [6.45, 7) is 8.36. The first-order valence-electron chi connectivity index (χ1n) is 11.3. The maximum absolute atomic E-state index is 6.21. The van der Waals surface area contributed by atoms with Gasteiger partial charge in [-0.25, -0.2) is 0 Å². The zero-order valence-electron chi connectivity index (χ0n) is 19.4. The van der Waals surface area contributed by atoms with Crippen LogP contribution in [0.5, 0.6) is 11.5 Å². The Kier molecular flexibility index (Phi) is 8.69. The first-order chi connectivity index (χ1) is 15.0. The Morgan fingerprint density at radius 1 is 0.742 bits per heavy atom. The minimum absolute atomic E-state index is 0.669. The SMILES string of the molecule is CC(C)Cc1cccc(CN(CCN(C)C)Cc2ccccc2Oc2ccccc2)c1. The summed E-state index contributed by atoms with van der Waals surface area (Å²) in [5, 5.41) is 0. The zero-order chi connectivity index (χ0) is 22.1. The molecule has 3 rings (SSSR count). The molecule has 0 aromatic heterocycles. The molecule has 0 aliphatic rings. The van der Waals surface area contributed by atoms with Crippen molar-refractivity contribution in [3.05, 3.63) is 95.6 Å².